The lowest BCUT2D eigenvalue weighted by Crippen LogP contribution is -2.13. The molecule has 146 valence electrons. The number of aryl methyl sites for hydroxylation is 2. The summed E-state index contributed by atoms with van der Waals surface area (Å²) in [5.41, 5.74) is 5.17. The van der Waals surface area contributed by atoms with Gasteiger partial charge in [-0.2, -0.15) is 5.10 Å². The van der Waals surface area contributed by atoms with Crippen molar-refractivity contribution in [2.75, 3.05) is 5.32 Å². The lowest BCUT2D eigenvalue weighted by molar-refractivity contribution is 0.102. The number of benzene rings is 2. The van der Waals surface area contributed by atoms with E-state index in [4.69, 9.17) is 4.52 Å². The van der Waals surface area contributed by atoms with Crippen LogP contribution in [0, 0.1) is 13.8 Å². The highest BCUT2D eigenvalue weighted by Gasteiger charge is 2.15. The van der Waals surface area contributed by atoms with E-state index >= 15 is 0 Å². The minimum absolute atomic E-state index is 0.145. The Kier molecular flexibility index (Phi) is 5.48. The molecule has 0 saturated heterocycles. The van der Waals surface area contributed by atoms with Gasteiger partial charge in [0.15, 0.2) is 0 Å². The van der Waals surface area contributed by atoms with Crippen LogP contribution in [0.5, 0.6) is 0 Å². The van der Waals surface area contributed by atoms with Gasteiger partial charge in [0, 0.05) is 33.7 Å². The number of nitrogens with one attached hydrogen (secondary N) is 2. The van der Waals surface area contributed by atoms with Crippen molar-refractivity contribution in [1.82, 2.24) is 15.4 Å². The predicted molar refractivity (Wildman–Crippen MR) is 114 cm³/mol. The fourth-order valence-corrected chi connectivity index (χ4v) is 4.22. The van der Waals surface area contributed by atoms with Crippen LogP contribution < -0.4 is 5.32 Å². The highest BCUT2D eigenvalue weighted by Crippen LogP contribution is 2.29. The number of carbonyl (C=O) groups is 1. The van der Waals surface area contributed by atoms with Crippen LogP contribution in [0.1, 0.15) is 27.4 Å². The Morgan fingerprint density at radius 3 is 2.76 bits per heavy atom. The molecule has 0 bridgehead atoms. The van der Waals surface area contributed by atoms with Crippen LogP contribution in [0.15, 0.2) is 70.2 Å². The van der Waals surface area contributed by atoms with E-state index in [1.807, 2.05) is 68.4 Å². The van der Waals surface area contributed by atoms with Crippen molar-refractivity contribution < 1.29 is 9.32 Å². The summed E-state index contributed by atoms with van der Waals surface area (Å²) in [5.74, 6) is 1.36. The van der Waals surface area contributed by atoms with Crippen LogP contribution in [-0.2, 0) is 5.75 Å². The third-order valence-corrected chi connectivity index (χ3v) is 5.72. The molecule has 1 amide bonds. The minimum Gasteiger partial charge on any atom is -0.361 e. The van der Waals surface area contributed by atoms with Crippen molar-refractivity contribution in [2.24, 2.45) is 0 Å². The molecule has 4 aromatic rings. The summed E-state index contributed by atoms with van der Waals surface area (Å²) in [6.07, 6.45) is 1.70. The molecular formula is C22H20N4O2S. The van der Waals surface area contributed by atoms with Crippen LogP contribution in [-0.4, -0.2) is 21.3 Å². The Balaban J connectivity index is 1.52. The van der Waals surface area contributed by atoms with Crippen molar-refractivity contribution in [2.45, 2.75) is 24.5 Å². The van der Waals surface area contributed by atoms with Crippen molar-refractivity contribution in [3.63, 3.8) is 0 Å². The number of thioether (sulfide) groups is 1. The molecule has 0 aliphatic heterocycles. The molecule has 0 atom stereocenters. The number of amides is 1. The first kappa shape index (κ1) is 19.0. The molecule has 29 heavy (non-hydrogen) atoms. The maximum atomic E-state index is 13.0. The summed E-state index contributed by atoms with van der Waals surface area (Å²) < 4.78 is 5.23. The van der Waals surface area contributed by atoms with Crippen LogP contribution in [0.4, 0.5) is 5.69 Å². The highest BCUT2D eigenvalue weighted by atomic mass is 32.2. The smallest absolute Gasteiger partial charge is 0.256 e. The standard InChI is InChI=1S/C22H20N4O2S/c1-14-19(15(2)28-26-14)13-29-21-9-4-3-8-18(21)22(27)24-17-7-5-6-16(12-17)20-10-11-23-25-20/h3-12H,13H2,1-2H3,(H,23,25)(H,24,27). The summed E-state index contributed by atoms with van der Waals surface area (Å²) in [6.45, 7) is 3.83. The van der Waals surface area contributed by atoms with E-state index in [0.29, 0.717) is 11.3 Å². The Bertz CT molecular complexity index is 1120. The Morgan fingerprint density at radius 2 is 2.00 bits per heavy atom. The molecule has 2 aromatic heterocycles. The summed E-state index contributed by atoms with van der Waals surface area (Å²) >= 11 is 1.60. The summed E-state index contributed by atoms with van der Waals surface area (Å²) in [6, 6.07) is 17.2. The topological polar surface area (TPSA) is 83.8 Å². The molecule has 0 fully saturated rings. The Labute approximate surface area is 172 Å². The number of hydrogen-bond acceptors (Lipinski definition) is 5. The zero-order chi connectivity index (χ0) is 20.2. The van der Waals surface area contributed by atoms with Gasteiger partial charge in [0.1, 0.15) is 5.76 Å². The molecular weight excluding hydrogens is 384 g/mol. The van der Waals surface area contributed by atoms with Crippen LogP contribution in [0.25, 0.3) is 11.3 Å². The zero-order valence-corrected chi connectivity index (χ0v) is 16.9. The SMILES string of the molecule is Cc1noc(C)c1CSc1ccccc1C(=O)Nc1cccc(-c2ccn[nH]2)c1. The second kappa shape index (κ2) is 8.36. The van der Waals surface area contributed by atoms with Gasteiger partial charge in [0.25, 0.3) is 5.91 Å². The van der Waals surface area contributed by atoms with E-state index in [0.717, 1.165) is 38.9 Å². The molecule has 0 spiro atoms. The predicted octanol–water partition coefficient (Wildman–Crippen LogP) is 5.23. The number of anilines is 1. The maximum Gasteiger partial charge on any atom is 0.256 e. The Morgan fingerprint density at radius 1 is 1.14 bits per heavy atom. The Hall–Kier alpha value is -3.32. The zero-order valence-electron chi connectivity index (χ0n) is 16.1. The molecule has 2 heterocycles. The fourth-order valence-electron chi connectivity index (χ4n) is 3.02. The number of hydrogen-bond donors (Lipinski definition) is 2. The minimum atomic E-state index is -0.145. The van der Waals surface area contributed by atoms with Gasteiger partial charge in [-0.25, -0.2) is 0 Å². The van der Waals surface area contributed by atoms with Gasteiger partial charge >= 0.3 is 0 Å². The van der Waals surface area contributed by atoms with Gasteiger partial charge in [-0.15, -0.1) is 11.8 Å². The first-order valence-corrected chi connectivity index (χ1v) is 10.1. The quantitative estimate of drug-likeness (QED) is 0.430. The van der Waals surface area contributed by atoms with E-state index in [2.05, 4.69) is 20.7 Å². The third kappa shape index (κ3) is 4.25. The lowest BCUT2D eigenvalue weighted by Gasteiger charge is -2.11. The van der Waals surface area contributed by atoms with Gasteiger partial charge in [0.2, 0.25) is 0 Å². The molecule has 0 unspecified atom stereocenters. The van der Waals surface area contributed by atoms with Crippen LogP contribution in [0.2, 0.25) is 0 Å². The molecule has 7 heteroatoms. The number of carbonyl (C=O) groups excluding carboxylic acids is 1. The van der Waals surface area contributed by atoms with Crippen LogP contribution >= 0.6 is 11.8 Å². The van der Waals surface area contributed by atoms with Gasteiger partial charge in [-0.1, -0.05) is 29.4 Å². The normalized spacial score (nSPS) is 10.8. The number of aromatic amines is 1. The van der Waals surface area contributed by atoms with E-state index in [9.17, 15) is 4.79 Å². The summed E-state index contributed by atoms with van der Waals surface area (Å²) in [7, 11) is 0. The van der Waals surface area contributed by atoms with Gasteiger partial charge in [0.05, 0.1) is 17.0 Å². The molecule has 6 nitrogen and oxygen atoms in total. The third-order valence-electron chi connectivity index (χ3n) is 4.62. The average molecular weight is 404 g/mol. The number of H-pyrrole nitrogens is 1. The summed E-state index contributed by atoms with van der Waals surface area (Å²) in [5, 5.41) is 13.9. The van der Waals surface area contributed by atoms with Gasteiger partial charge < -0.3 is 9.84 Å². The van der Waals surface area contributed by atoms with Crippen molar-refractivity contribution >= 4 is 23.4 Å². The molecule has 2 N–H and O–H groups in total. The van der Waals surface area contributed by atoms with E-state index in [-0.39, 0.29) is 5.91 Å². The average Bonchev–Trinajstić information content (AvgIpc) is 3.38. The molecule has 0 radical (unpaired) electrons. The second-order valence-electron chi connectivity index (χ2n) is 6.59. The van der Waals surface area contributed by atoms with Gasteiger partial charge in [-0.05, 0) is 44.2 Å². The molecule has 0 aliphatic carbocycles. The monoisotopic (exact) mass is 404 g/mol. The lowest BCUT2D eigenvalue weighted by atomic mass is 10.1. The van der Waals surface area contributed by atoms with E-state index < -0.39 is 0 Å². The van der Waals surface area contributed by atoms with Gasteiger partial charge in [-0.3, -0.25) is 9.89 Å². The maximum absolute atomic E-state index is 13.0. The fraction of sp³-hybridized carbons (Fsp3) is 0.136. The van der Waals surface area contributed by atoms with Crippen molar-refractivity contribution in [3.8, 4) is 11.3 Å². The number of aromatic nitrogens is 3. The van der Waals surface area contributed by atoms with E-state index in [1.54, 1.807) is 18.0 Å². The van der Waals surface area contributed by atoms with Crippen LogP contribution in [0.3, 0.4) is 0 Å². The molecule has 0 aliphatic rings. The van der Waals surface area contributed by atoms with Crippen molar-refractivity contribution in [3.05, 3.63) is 83.4 Å². The number of nitrogens with zero attached hydrogens (tertiary/aromatic N) is 2. The largest absolute Gasteiger partial charge is 0.361 e. The molecule has 0 saturated carbocycles. The highest BCUT2D eigenvalue weighted by molar-refractivity contribution is 7.98. The molecule has 4 rings (SSSR count). The molecule has 2 aromatic carbocycles. The van der Waals surface area contributed by atoms with Crippen molar-refractivity contribution in [1.29, 1.82) is 0 Å². The first-order valence-electron chi connectivity index (χ1n) is 9.16. The first-order chi connectivity index (χ1) is 14.1. The number of rotatable bonds is 6. The van der Waals surface area contributed by atoms with E-state index in [1.165, 1.54) is 0 Å². The summed E-state index contributed by atoms with van der Waals surface area (Å²) in [4.78, 5) is 13.9. The second-order valence-corrected chi connectivity index (χ2v) is 7.61.